The number of nitrogens with one attached hydrogen (secondary N) is 4. The van der Waals surface area contributed by atoms with E-state index in [1.165, 1.54) is 30.9 Å². The number of amides is 4. The third-order valence-corrected chi connectivity index (χ3v) is 15.5. The number of H-pyrrole nitrogens is 2. The van der Waals surface area contributed by atoms with E-state index in [4.69, 9.17) is 19.4 Å². The summed E-state index contributed by atoms with van der Waals surface area (Å²) in [5, 5.41) is 4.85. The van der Waals surface area contributed by atoms with Crippen LogP contribution in [0.1, 0.15) is 93.1 Å². The first-order valence-corrected chi connectivity index (χ1v) is 23.1. The Balaban J connectivity index is 0.963. The first-order valence-electron chi connectivity index (χ1n) is 21.0. The van der Waals surface area contributed by atoms with E-state index in [1.807, 2.05) is 45.0 Å². The van der Waals surface area contributed by atoms with Crippen molar-refractivity contribution in [3.05, 3.63) is 71.6 Å². The molecular formula is C44H53N9O6S2. The van der Waals surface area contributed by atoms with Crippen LogP contribution in [0.3, 0.4) is 0 Å². The van der Waals surface area contributed by atoms with Gasteiger partial charge in [-0.1, -0.05) is 64.1 Å². The molecular weight excluding hydrogens is 815 g/mol. The molecule has 4 amide bonds. The summed E-state index contributed by atoms with van der Waals surface area (Å²) in [5.74, 6) is 2.43. The number of piperidine rings is 1. The summed E-state index contributed by atoms with van der Waals surface area (Å²) in [5.41, 5.74) is 9.28. The second kappa shape index (κ2) is 16.0. The van der Waals surface area contributed by atoms with E-state index in [9.17, 15) is 19.2 Å². The molecule has 4 N–H and O–H groups in total. The minimum Gasteiger partial charge on any atom is -0.453 e. The maximum atomic E-state index is 13.8. The number of aromatic amines is 2. The van der Waals surface area contributed by atoms with E-state index < -0.39 is 24.3 Å². The molecule has 3 unspecified atom stereocenters. The van der Waals surface area contributed by atoms with Crippen LogP contribution >= 0.6 is 23.5 Å². The molecule has 322 valence electrons. The highest BCUT2D eigenvalue weighted by Gasteiger charge is 2.66. The maximum Gasteiger partial charge on any atom is 0.407 e. The zero-order valence-electron chi connectivity index (χ0n) is 35.5. The van der Waals surface area contributed by atoms with Crippen LogP contribution in [-0.2, 0) is 19.1 Å². The topological polar surface area (TPSA) is 178 Å². The van der Waals surface area contributed by atoms with Gasteiger partial charge in [-0.05, 0) is 59.4 Å². The van der Waals surface area contributed by atoms with E-state index in [0.717, 1.165) is 58.2 Å². The summed E-state index contributed by atoms with van der Waals surface area (Å²) >= 11 is 3.32. The number of hydrogen-bond acceptors (Lipinski definition) is 11. The Morgan fingerprint density at radius 1 is 0.705 bits per heavy atom. The molecule has 0 radical (unpaired) electrons. The van der Waals surface area contributed by atoms with E-state index >= 15 is 0 Å². The first kappa shape index (κ1) is 41.4. The Hall–Kier alpha value is -5.00. The van der Waals surface area contributed by atoms with Crippen LogP contribution in [0.2, 0.25) is 0 Å². The van der Waals surface area contributed by atoms with Gasteiger partial charge >= 0.3 is 12.2 Å². The molecule has 2 aromatic heterocycles. The summed E-state index contributed by atoms with van der Waals surface area (Å²) in [6.07, 6.45) is 4.71. The summed E-state index contributed by atoms with van der Waals surface area (Å²) in [6.45, 7) is 11.1. The van der Waals surface area contributed by atoms with Gasteiger partial charge in [-0.15, -0.1) is 23.5 Å². The molecule has 4 aromatic rings. The standard InChI is InChI=1S/C44H53N9O6S2/c1-22(2)34(49-42(56)58-6)38(54)51-14-16-60-40(51)36-45-20-28(47-36)25-10-8-24(9-11-25)26-12-13-27(33-31-19-44(5)18-30(32(26)33)53(31)44)29-21-46-37(48-29)41-52(15-17-61-41)39(55)35(23(3)4)50-43(57)59-7/h8-13,20-23,30-31,34-35,40-41H,14-19H2,1-7H3,(H,45,47)(H,46,48)(H,49,56)(H,50,57)/t30?,31?,34-,35-,40-,41-,44?/m0/s1. The number of fused-ring (bicyclic) bond motifs is 3. The molecule has 4 fully saturated rings. The fourth-order valence-corrected chi connectivity index (χ4v) is 12.4. The number of methoxy groups -OCH3 is 2. The van der Waals surface area contributed by atoms with Gasteiger partial charge in [0.2, 0.25) is 11.8 Å². The Kier molecular flexibility index (Phi) is 10.9. The Bertz CT molecular complexity index is 2370. The number of alkyl carbamates (subject to hydrolysis) is 2. The summed E-state index contributed by atoms with van der Waals surface area (Å²) in [4.78, 5) is 74.6. The number of imidazole rings is 2. The van der Waals surface area contributed by atoms with Gasteiger partial charge in [0.1, 0.15) is 34.5 Å². The van der Waals surface area contributed by atoms with Crippen molar-refractivity contribution in [2.45, 2.75) is 87.9 Å². The lowest BCUT2D eigenvalue weighted by molar-refractivity contribution is -0.177. The lowest BCUT2D eigenvalue weighted by Crippen LogP contribution is -2.66. The molecule has 7 atom stereocenters. The van der Waals surface area contributed by atoms with Crippen molar-refractivity contribution in [3.63, 3.8) is 0 Å². The average molecular weight is 868 g/mol. The van der Waals surface area contributed by atoms with E-state index in [-0.39, 0.29) is 39.9 Å². The lowest BCUT2D eigenvalue weighted by Gasteiger charge is -2.65. The number of nitrogens with zero attached hydrogens (tertiary/aromatic N) is 5. The maximum absolute atomic E-state index is 13.8. The van der Waals surface area contributed by atoms with E-state index in [2.05, 4.69) is 68.8 Å². The Morgan fingerprint density at radius 2 is 1.16 bits per heavy atom. The monoisotopic (exact) mass is 867 g/mol. The van der Waals surface area contributed by atoms with Crippen LogP contribution in [0.5, 0.6) is 0 Å². The van der Waals surface area contributed by atoms with Gasteiger partial charge in [0.25, 0.3) is 0 Å². The highest BCUT2D eigenvalue weighted by molar-refractivity contribution is 8.00. The first-order chi connectivity index (χ1) is 29.3. The number of benzene rings is 2. The summed E-state index contributed by atoms with van der Waals surface area (Å²) in [7, 11) is 2.59. The predicted molar refractivity (Wildman–Crippen MR) is 234 cm³/mol. The van der Waals surface area contributed by atoms with Crippen molar-refractivity contribution in [2.24, 2.45) is 11.8 Å². The van der Waals surface area contributed by atoms with Crippen LogP contribution in [0.25, 0.3) is 33.6 Å². The van der Waals surface area contributed by atoms with Gasteiger partial charge in [0, 0.05) is 47.8 Å². The van der Waals surface area contributed by atoms with Crippen LogP contribution in [0, 0.1) is 11.8 Å². The average Bonchev–Trinajstić information content (AvgIpc) is 4.10. The molecule has 7 heterocycles. The summed E-state index contributed by atoms with van der Waals surface area (Å²) < 4.78 is 9.60. The molecule has 15 nitrogen and oxygen atoms in total. The van der Waals surface area contributed by atoms with Crippen molar-refractivity contribution in [1.29, 1.82) is 0 Å². The van der Waals surface area contributed by atoms with Crippen LogP contribution < -0.4 is 10.6 Å². The number of carbonyl (C=O) groups is 4. The second-order valence-electron chi connectivity index (χ2n) is 17.5. The highest BCUT2D eigenvalue weighted by Crippen LogP contribution is 2.71. The minimum absolute atomic E-state index is 0.117. The molecule has 9 rings (SSSR count). The Labute approximate surface area is 363 Å². The highest BCUT2D eigenvalue weighted by atomic mass is 32.2. The molecule has 17 heteroatoms. The molecule has 5 aliphatic heterocycles. The number of thioether (sulfide) groups is 2. The van der Waals surface area contributed by atoms with Crippen molar-refractivity contribution >= 4 is 47.5 Å². The van der Waals surface area contributed by atoms with Gasteiger partial charge in [0.15, 0.2) is 0 Å². The second-order valence-corrected chi connectivity index (χ2v) is 19.9. The smallest absolute Gasteiger partial charge is 0.407 e. The molecule has 0 bridgehead atoms. The zero-order valence-corrected chi connectivity index (χ0v) is 37.1. The van der Waals surface area contributed by atoms with Crippen molar-refractivity contribution < 1.29 is 28.7 Å². The number of hydrogen-bond donors (Lipinski definition) is 4. The normalized spacial score (nSPS) is 24.8. The fraction of sp³-hybridized carbons (Fsp3) is 0.500. The minimum atomic E-state index is -0.705. The number of carbonyl (C=O) groups excluding carboxylic acids is 4. The zero-order chi connectivity index (χ0) is 42.9. The lowest BCUT2D eigenvalue weighted by atomic mass is 9.68. The SMILES string of the molecule is COC(=O)N[C@H](C(=O)N1CCS[C@H]1c1ncc(-c2ccc(-c3ccc(-c4cnc([C@@H]5SCCN5C(=O)[C@@H](NC(=O)OC)C(C)C)[nH]4)c4c3C3CC5(C)CC4N35)cc2)[nH]1)C(C)C. The van der Waals surface area contributed by atoms with Crippen molar-refractivity contribution in [2.75, 3.05) is 38.8 Å². The molecule has 2 aromatic carbocycles. The van der Waals surface area contributed by atoms with Crippen LogP contribution in [0.4, 0.5) is 9.59 Å². The quantitative estimate of drug-likeness (QED) is 0.122. The van der Waals surface area contributed by atoms with Gasteiger partial charge in [-0.2, -0.15) is 0 Å². The van der Waals surface area contributed by atoms with E-state index in [1.54, 1.807) is 28.4 Å². The molecule has 4 saturated heterocycles. The van der Waals surface area contributed by atoms with Gasteiger partial charge in [0.05, 0.1) is 38.0 Å². The predicted octanol–water partition coefficient (Wildman–Crippen LogP) is 7.01. The molecule has 5 aliphatic rings. The number of ether oxygens (including phenoxy) is 2. The molecule has 0 saturated carbocycles. The molecule has 0 spiro atoms. The van der Waals surface area contributed by atoms with Crippen LogP contribution in [0.15, 0.2) is 48.8 Å². The third kappa shape index (κ3) is 7.05. The van der Waals surface area contributed by atoms with E-state index in [0.29, 0.717) is 31.0 Å². The largest absolute Gasteiger partial charge is 0.453 e. The van der Waals surface area contributed by atoms with Crippen molar-refractivity contribution in [3.8, 4) is 33.6 Å². The number of aromatic nitrogens is 4. The summed E-state index contributed by atoms with van der Waals surface area (Å²) in [6, 6.07) is 12.4. The van der Waals surface area contributed by atoms with Gasteiger partial charge in [-0.3, -0.25) is 14.5 Å². The van der Waals surface area contributed by atoms with Crippen LogP contribution in [-0.4, -0.2) is 115 Å². The molecule has 0 aliphatic carbocycles. The molecule has 61 heavy (non-hydrogen) atoms. The third-order valence-electron chi connectivity index (χ3n) is 13.1. The number of rotatable bonds is 11. The van der Waals surface area contributed by atoms with Gasteiger partial charge < -0.3 is 39.9 Å². The van der Waals surface area contributed by atoms with Crippen molar-refractivity contribution in [1.82, 2.24) is 45.3 Å². The Morgan fingerprint density at radius 3 is 1.66 bits per heavy atom. The van der Waals surface area contributed by atoms with Gasteiger partial charge in [-0.25, -0.2) is 19.6 Å². The fourth-order valence-electron chi connectivity index (χ4n) is 10.0.